The third-order valence-corrected chi connectivity index (χ3v) is 4.54. The van der Waals surface area contributed by atoms with E-state index in [1.54, 1.807) is 39.0 Å². The summed E-state index contributed by atoms with van der Waals surface area (Å²) in [6.45, 7) is 4.72. The number of halogens is 1. The van der Waals surface area contributed by atoms with E-state index in [-0.39, 0.29) is 48.7 Å². The highest BCUT2D eigenvalue weighted by molar-refractivity contribution is 9.10. The molecule has 0 N–H and O–H groups in total. The van der Waals surface area contributed by atoms with Gasteiger partial charge in [-0.05, 0) is 29.8 Å². The van der Waals surface area contributed by atoms with Crippen molar-refractivity contribution in [1.29, 1.82) is 0 Å². The fourth-order valence-corrected chi connectivity index (χ4v) is 2.83. The normalized spacial score (nSPS) is 10.2. The van der Waals surface area contributed by atoms with E-state index in [4.69, 9.17) is 18.9 Å². The van der Waals surface area contributed by atoms with Gasteiger partial charge in [0.25, 0.3) is 0 Å². The molecule has 0 heterocycles. The van der Waals surface area contributed by atoms with Gasteiger partial charge in [-0.15, -0.1) is 0 Å². The van der Waals surface area contributed by atoms with Gasteiger partial charge in [0, 0.05) is 23.7 Å². The molecule has 0 saturated carbocycles. The smallest absolute Gasteiger partial charge is 0.338 e. The zero-order valence-electron chi connectivity index (χ0n) is 17.9. The van der Waals surface area contributed by atoms with Crippen LogP contribution in [0.2, 0.25) is 0 Å². The Morgan fingerprint density at radius 1 is 0.781 bits per heavy atom. The Morgan fingerprint density at radius 2 is 1.31 bits per heavy atom. The van der Waals surface area contributed by atoms with E-state index in [0.717, 1.165) is 10.0 Å². The quantitative estimate of drug-likeness (QED) is 0.354. The molecule has 0 amide bonds. The first-order chi connectivity index (χ1) is 15.3. The molecule has 0 aliphatic rings. The van der Waals surface area contributed by atoms with Crippen molar-refractivity contribution in [3.8, 4) is 17.2 Å². The molecule has 0 spiro atoms. The number of rotatable bonds is 9. The van der Waals surface area contributed by atoms with Crippen molar-refractivity contribution in [3.63, 3.8) is 0 Å². The minimum absolute atomic E-state index is 0.0149. The van der Waals surface area contributed by atoms with Crippen molar-refractivity contribution in [2.45, 2.75) is 46.6 Å². The number of carbonyl (C=O) groups is 4. The largest absolute Gasteiger partial charge is 0.457 e. The summed E-state index contributed by atoms with van der Waals surface area (Å²) in [5.74, 6) is -3.37. The lowest BCUT2D eigenvalue weighted by molar-refractivity contribution is -0.137. The van der Waals surface area contributed by atoms with Crippen LogP contribution in [0.1, 0.15) is 56.0 Å². The van der Waals surface area contributed by atoms with Crippen molar-refractivity contribution >= 4 is 39.8 Å². The summed E-state index contributed by atoms with van der Waals surface area (Å²) in [5, 5.41) is 0. The molecule has 0 aliphatic carbocycles. The summed E-state index contributed by atoms with van der Waals surface area (Å²) in [6, 6.07) is 9.63. The number of benzene rings is 2. The van der Waals surface area contributed by atoms with E-state index in [1.165, 1.54) is 12.1 Å². The molecule has 0 bridgehead atoms. The third-order valence-electron chi connectivity index (χ3n) is 4.04. The van der Waals surface area contributed by atoms with E-state index in [1.807, 2.05) is 6.07 Å². The molecule has 0 atom stereocenters. The van der Waals surface area contributed by atoms with Gasteiger partial charge in [-0.25, -0.2) is 4.79 Å². The number of hydrogen-bond donors (Lipinski definition) is 0. The summed E-state index contributed by atoms with van der Waals surface area (Å²) in [7, 11) is 0. The van der Waals surface area contributed by atoms with Crippen molar-refractivity contribution < 1.29 is 38.1 Å². The maximum absolute atomic E-state index is 12.7. The molecule has 2 rings (SSSR count). The minimum Gasteiger partial charge on any atom is -0.457 e. The van der Waals surface area contributed by atoms with Gasteiger partial charge in [-0.3, -0.25) is 14.4 Å². The second-order valence-electron chi connectivity index (χ2n) is 6.49. The molecule has 2 aromatic rings. The van der Waals surface area contributed by atoms with Crippen LogP contribution >= 0.6 is 15.9 Å². The van der Waals surface area contributed by atoms with Gasteiger partial charge in [-0.2, -0.15) is 0 Å². The monoisotopic (exact) mass is 506 g/mol. The molecule has 9 heteroatoms. The molecule has 0 radical (unpaired) electrons. The number of esters is 4. The lowest BCUT2D eigenvalue weighted by atomic mass is 10.1. The topological polar surface area (TPSA) is 105 Å². The van der Waals surface area contributed by atoms with Gasteiger partial charge in [0.15, 0.2) is 11.5 Å². The van der Waals surface area contributed by atoms with E-state index in [2.05, 4.69) is 15.9 Å². The van der Waals surface area contributed by atoms with Gasteiger partial charge >= 0.3 is 23.9 Å². The van der Waals surface area contributed by atoms with Crippen molar-refractivity contribution in [2.24, 2.45) is 0 Å². The Bertz CT molecular complexity index is 976. The molecule has 170 valence electrons. The predicted octanol–water partition coefficient (Wildman–Crippen LogP) is 4.75. The van der Waals surface area contributed by atoms with E-state index in [9.17, 15) is 19.2 Å². The van der Waals surface area contributed by atoms with Crippen LogP contribution in [-0.4, -0.2) is 23.9 Å². The SMILES string of the molecule is CCC(=O)Oc1cc(C(=O)OCc2cccc(Br)c2)cc(OC(=O)CC)c1OC(=O)CC. The lowest BCUT2D eigenvalue weighted by Gasteiger charge is -2.16. The Kier molecular flexibility index (Phi) is 9.39. The second kappa shape index (κ2) is 12.0. The van der Waals surface area contributed by atoms with E-state index in [0.29, 0.717) is 0 Å². The average molecular weight is 507 g/mol. The molecule has 0 aromatic heterocycles. The third kappa shape index (κ3) is 7.19. The molecule has 0 fully saturated rings. The summed E-state index contributed by atoms with van der Waals surface area (Å²) in [4.78, 5) is 48.4. The zero-order chi connectivity index (χ0) is 23.7. The van der Waals surface area contributed by atoms with Crippen LogP contribution in [0.15, 0.2) is 40.9 Å². The van der Waals surface area contributed by atoms with Gasteiger partial charge < -0.3 is 18.9 Å². The number of ether oxygens (including phenoxy) is 4. The lowest BCUT2D eigenvalue weighted by Crippen LogP contribution is -2.15. The van der Waals surface area contributed by atoms with Crippen LogP contribution in [0.5, 0.6) is 17.2 Å². The first kappa shape index (κ1) is 25.1. The zero-order valence-corrected chi connectivity index (χ0v) is 19.5. The highest BCUT2D eigenvalue weighted by Crippen LogP contribution is 2.40. The van der Waals surface area contributed by atoms with E-state index < -0.39 is 23.9 Å². The fraction of sp³-hybridized carbons (Fsp3) is 0.304. The molecule has 32 heavy (non-hydrogen) atoms. The fourth-order valence-electron chi connectivity index (χ4n) is 2.38. The Labute approximate surface area is 193 Å². The average Bonchev–Trinajstić information content (AvgIpc) is 2.78. The minimum atomic E-state index is -0.749. The molecule has 8 nitrogen and oxygen atoms in total. The van der Waals surface area contributed by atoms with Gasteiger partial charge in [0.1, 0.15) is 6.61 Å². The molecule has 0 aliphatic heterocycles. The molecular formula is C23H23BrO8. The highest BCUT2D eigenvalue weighted by Gasteiger charge is 2.24. The summed E-state index contributed by atoms with van der Waals surface area (Å²) < 4.78 is 21.9. The van der Waals surface area contributed by atoms with Crippen LogP contribution in [0.3, 0.4) is 0 Å². The number of hydrogen-bond acceptors (Lipinski definition) is 8. The summed E-state index contributed by atoms with van der Waals surface area (Å²) >= 11 is 3.35. The first-order valence-electron chi connectivity index (χ1n) is 9.98. The van der Waals surface area contributed by atoms with Crippen molar-refractivity contribution in [3.05, 3.63) is 52.0 Å². The first-order valence-corrected chi connectivity index (χ1v) is 10.8. The summed E-state index contributed by atoms with van der Waals surface area (Å²) in [6.07, 6.45) is 0.0877. The van der Waals surface area contributed by atoms with Crippen molar-refractivity contribution in [1.82, 2.24) is 0 Å². The van der Waals surface area contributed by atoms with Gasteiger partial charge in [0.05, 0.1) is 5.56 Å². The van der Waals surface area contributed by atoms with Crippen LogP contribution in [0.4, 0.5) is 0 Å². The standard InChI is InChI=1S/C23H23BrO8/c1-4-19(25)30-17-11-15(23(28)29-13-14-8-7-9-16(24)10-14)12-18(31-20(26)5-2)22(17)32-21(27)6-3/h7-12H,4-6,13H2,1-3H3. The Hall–Kier alpha value is -3.20. The maximum Gasteiger partial charge on any atom is 0.338 e. The van der Waals surface area contributed by atoms with Gasteiger partial charge in [0.2, 0.25) is 5.75 Å². The van der Waals surface area contributed by atoms with Crippen LogP contribution in [0, 0.1) is 0 Å². The Morgan fingerprint density at radius 3 is 1.81 bits per heavy atom. The molecule has 2 aromatic carbocycles. The maximum atomic E-state index is 12.7. The molecular weight excluding hydrogens is 484 g/mol. The molecule has 0 unspecified atom stereocenters. The highest BCUT2D eigenvalue weighted by atomic mass is 79.9. The van der Waals surface area contributed by atoms with Crippen LogP contribution in [-0.2, 0) is 25.7 Å². The van der Waals surface area contributed by atoms with E-state index >= 15 is 0 Å². The molecule has 0 saturated heterocycles. The van der Waals surface area contributed by atoms with Crippen LogP contribution in [0.25, 0.3) is 0 Å². The predicted molar refractivity (Wildman–Crippen MR) is 117 cm³/mol. The second-order valence-corrected chi connectivity index (χ2v) is 7.41. The Balaban J connectivity index is 2.43. The summed E-state index contributed by atoms with van der Waals surface area (Å²) in [5.41, 5.74) is 0.700. The number of carbonyl (C=O) groups excluding carboxylic acids is 4. The van der Waals surface area contributed by atoms with Crippen LogP contribution < -0.4 is 14.2 Å². The van der Waals surface area contributed by atoms with Gasteiger partial charge in [-0.1, -0.05) is 48.8 Å². The van der Waals surface area contributed by atoms with Crippen molar-refractivity contribution in [2.75, 3.05) is 0 Å².